The van der Waals surface area contributed by atoms with Crippen LogP contribution in [-0.4, -0.2) is 69.5 Å². The van der Waals surface area contributed by atoms with Gasteiger partial charge in [-0.1, -0.05) is 36.4 Å². The number of aromatic amines is 2. The molecule has 12 heteroatoms. The quantitative estimate of drug-likeness (QED) is 0.0956. The monoisotopic (exact) mass is 589 g/mol. The molecule has 0 radical (unpaired) electrons. The molecular weight excluding hydrogens is 550 g/mol. The van der Waals surface area contributed by atoms with Crippen LogP contribution in [0.25, 0.3) is 21.8 Å². The molecule has 2 aromatic carbocycles. The number of nitrogens with one attached hydrogen (secondary N) is 5. The van der Waals surface area contributed by atoms with Crippen molar-refractivity contribution in [3.8, 4) is 0 Å². The number of rotatable bonds is 15. The number of amides is 3. The van der Waals surface area contributed by atoms with Gasteiger partial charge in [0, 0.05) is 40.6 Å². The van der Waals surface area contributed by atoms with Gasteiger partial charge in [0.15, 0.2) is 0 Å². The molecule has 12 nitrogen and oxygen atoms in total. The molecule has 0 saturated carbocycles. The van der Waals surface area contributed by atoms with Crippen LogP contribution in [0.15, 0.2) is 60.9 Å². The summed E-state index contributed by atoms with van der Waals surface area (Å²) < 4.78 is 0. The molecule has 4 aromatic rings. The second kappa shape index (κ2) is 14.5. The summed E-state index contributed by atoms with van der Waals surface area (Å²) in [6.07, 6.45) is 5.35. The predicted octanol–water partition coefficient (Wildman–Crippen LogP) is 1.45. The standard InChI is InChI=1S/C31H39N7O5/c1-18(28(39)37-26(31(42)43)12-6-7-13-32)36-30(41)27(15-20-17-35-25-11-5-3-9-22(20)25)38-29(40)23(33)14-19-16-34-24-10-4-2-8-21(19)24/h2-5,8-11,16-18,23,26-27,34-35H,6-7,12-15,32-33H2,1H3,(H,36,41)(H,37,39)(H,38,40)(H,42,43). The lowest BCUT2D eigenvalue weighted by Gasteiger charge is -2.23. The number of carbonyl (C=O) groups is 4. The number of nitrogens with two attached hydrogens (primary N) is 2. The molecule has 0 spiro atoms. The first-order valence-corrected chi connectivity index (χ1v) is 14.4. The Hall–Kier alpha value is -4.68. The molecule has 10 N–H and O–H groups in total. The lowest BCUT2D eigenvalue weighted by atomic mass is 10.0. The number of fused-ring (bicyclic) bond motifs is 2. The molecule has 0 fully saturated rings. The van der Waals surface area contributed by atoms with Gasteiger partial charge in [0.1, 0.15) is 18.1 Å². The summed E-state index contributed by atoms with van der Waals surface area (Å²) in [5, 5.41) is 19.3. The largest absolute Gasteiger partial charge is 0.480 e. The van der Waals surface area contributed by atoms with E-state index < -0.39 is 47.9 Å². The van der Waals surface area contributed by atoms with Crippen molar-refractivity contribution in [2.75, 3.05) is 6.54 Å². The van der Waals surface area contributed by atoms with E-state index in [9.17, 15) is 24.3 Å². The zero-order valence-corrected chi connectivity index (χ0v) is 24.1. The van der Waals surface area contributed by atoms with Gasteiger partial charge < -0.3 is 42.5 Å². The molecule has 0 bridgehead atoms. The minimum Gasteiger partial charge on any atom is -0.480 e. The van der Waals surface area contributed by atoms with E-state index in [1.54, 1.807) is 6.20 Å². The third kappa shape index (κ3) is 7.99. The molecule has 3 amide bonds. The van der Waals surface area contributed by atoms with Crippen LogP contribution in [-0.2, 0) is 32.0 Å². The Balaban J connectivity index is 1.47. The van der Waals surface area contributed by atoms with Crippen molar-refractivity contribution < 1.29 is 24.3 Å². The van der Waals surface area contributed by atoms with Gasteiger partial charge in [0.2, 0.25) is 17.7 Å². The van der Waals surface area contributed by atoms with Gasteiger partial charge >= 0.3 is 5.97 Å². The van der Waals surface area contributed by atoms with Crippen LogP contribution >= 0.6 is 0 Å². The van der Waals surface area contributed by atoms with Gasteiger partial charge in [0.25, 0.3) is 0 Å². The summed E-state index contributed by atoms with van der Waals surface area (Å²) in [4.78, 5) is 57.6. The van der Waals surface area contributed by atoms with Gasteiger partial charge in [-0.3, -0.25) is 14.4 Å². The van der Waals surface area contributed by atoms with E-state index in [2.05, 4.69) is 25.9 Å². The molecule has 2 aromatic heterocycles. The second-order valence-electron chi connectivity index (χ2n) is 10.7. The van der Waals surface area contributed by atoms with Crippen LogP contribution in [0.5, 0.6) is 0 Å². The van der Waals surface area contributed by atoms with Gasteiger partial charge in [-0.25, -0.2) is 4.79 Å². The van der Waals surface area contributed by atoms with E-state index in [-0.39, 0.29) is 19.3 Å². The van der Waals surface area contributed by atoms with E-state index >= 15 is 0 Å². The molecule has 0 aliphatic rings. The zero-order valence-electron chi connectivity index (χ0n) is 24.1. The number of unbranched alkanes of at least 4 members (excludes halogenated alkanes) is 1. The van der Waals surface area contributed by atoms with Crippen LogP contribution < -0.4 is 27.4 Å². The number of aliphatic carboxylic acids is 1. The van der Waals surface area contributed by atoms with Crippen LogP contribution in [0.3, 0.4) is 0 Å². The Bertz CT molecular complexity index is 1580. The second-order valence-corrected chi connectivity index (χ2v) is 10.7. The number of aromatic nitrogens is 2. The molecule has 4 atom stereocenters. The predicted molar refractivity (Wildman–Crippen MR) is 164 cm³/mol. The fourth-order valence-corrected chi connectivity index (χ4v) is 5.06. The molecule has 228 valence electrons. The van der Waals surface area contributed by atoms with Crippen LogP contribution in [0, 0.1) is 0 Å². The molecule has 4 unspecified atom stereocenters. The van der Waals surface area contributed by atoms with Gasteiger partial charge in [-0.2, -0.15) is 0 Å². The highest BCUT2D eigenvalue weighted by atomic mass is 16.4. The third-order valence-electron chi connectivity index (χ3n) is 7.50. The number of benzene rings is 2. The number of hydrogen-bond donors (Lipinski definition) is 8. The van der Waals surface area contributed by atoms with Gasteiger partial charge in [-0.15, -0.1) is 0 Å². The number of carbonyl (C=O) groups excluding carboxylic acids is 3. The van der Waals surface area contributed by atoms with Crippen molar-refractivity contribution in [2.45, 2.75) is 63.2 Å². The molecule has 0 saturated heterocycles. The normalized spacial score (nSPS) is 14.1. The Morgan fingerprint density at radius 3 is 1.91 bits per heavy atom. The number of carboxylic acid groups (broad SMARTS) is 1. The van der Waals surface area contributed by atoms with E-state index in [1.807, 2.05) is 54.7 Å². The SMILES string of the molecule is CC(NC(=O)C(Cc1c[nH]c2ccccc12)NC(=O)C(N)Cc1c[nH]c2ccccc12)C(=O)NC(CCCCN)C(=O)O. The fraction of sp³-hybridized carbons (Fsp3) is 0.355. The Kier molecular flexibility index (Phi) is 10.5. The number of H-pyrrole nitrogens is 2. The lowest BCUT2D eigenvalue weighted by molar-refractivity contribution is -0.142. The van der Waals surface area contributed by atoms with Crippen LogP contribution in [0.2, 0.25) is 0 Å². The molecule has 0 aliphatic carbocycles. The zero-order chi connectivity index (χ0) is 30.9. The van der Waals surface area contributed by atoms with Crippen molar-refractivity contribution in [3.05, 3.63) is 72.1 Å². The Labute approximate surface area is 249 Å². The van der Waals surface area contributed by atoms with Gasteiger partial charge in [0.05, 0.1) is 6.04 Å². The first-order valence-electron chi connectivity index (χ1n) is 14.4. The number of hydrogen-bond acceptors (Lipinski definition) is 6. The van der Waals surface area contributed by atoms with E-state index in [0.29, 0.717) is 19.4 Å². The fourth-order valence-electron chi connectivity index (χ4n) is 5.06. The molecule has 43 heavy (non-hydrogen) atoms. The number of carboxylic acids is 1. The minimum absolute atomic E-state index is 0.132. The molecule has 0 aliphatic heterocycles. The Morgan fingerprint density at radius 2 is 1.33 bits per heavy atom. The summed E-state index contributed by atoms with van der Waals surface area (Å²) in [6.45, 7) is 1.88. The highest BCUT2D eigenvalue weighted by Gasteiger charge is 2.29. The smallest absolute Gasteiger partial charge is 0.326 e. The first kappa shape index (κ1) is 31.3. The van der Waals surface area contributed by atoms with Crippen molar-refractivity contribution in [2.24, 2.45) is 11.5 Å². The summed E-state index contributed by atoms with van der Waals surface area (Å²) in [7, 11) is 0. The van der Waals surface area contributed by atoms with Crippen molar-refractivity contribution >= 4 is 45.5 Å². The lowest BCUT2D eigenvalue weighted by Crippen LogP contribution is -2.57. The van der Waals surface area contributed by atoms with Gasteiger partial charge in [-0.05, 0) is 62.4 Å². The van der Waals surface area contributed by atoms with Crippen LogP contribution in [0.4, 0.5) is 0 Å². The average molecular weight is 590 g/mol. The van der Waals surface area contributed by atoms with Crippen molar-refractivity contribution in [1.29, 1.82) is 0 Å². The summed E-state index contributed by atoms with van der Waals surface area (Å²) in [5.74, 6) is -2.94. The molecule has 4 rings (SSSR count). The maximum atomic E-state index is 13.5. The third-order valence-corrected chi connectivity index (χ3v) is 7.50. The van der Waals surface area contributed by atoms with Crippen LogP contribution in [0.1, 0.15) is 37.3 Å². The summed E-state index contributed by atoms with van der Waals surface area (Å²) >= 11 is 0. The topological polar surface area (TPSA) is 208 Å². The Morgan fingerprint density at radius 1 is 0.767 bits per heavy atom. The molecular formula is C31H39N7O5. The number of para-hydroxylation sites is 2. The summed E-state index contributed by atoms with van der Waals surface area (Å²) in [5.41, 5.74) is 15.3. The highest BCUT2D eigenvalue weighted by molar-refractivity contribution is 5.95. The maximum Gasteiger partial charge on any atom is 0.326 e. The average Bonchev–Trinajstić information content (AvgIpc) is 3.60. The minimum atomic E-state index is -1.17. The molecule has 2 heterocycles. The van der Waals surface area contributed by atoms with E-state index in [4.69, 9.17) is 11.5 Å². The first-order chi connectivity index (χ1) is 20.7. The summed E-state index contributed by atoms with van der Waals surface area (Å²) in [6, 6.07) is 11.1. The maximum absolute atomic E-state index is 13.5. The van der Waals surface area contributed by atoms with E-state index in [0.717, 1.165) is 32.9 Å². The highest BCUT2D eigenvalue weighted by Crippen LogP contribution is 2.21. The van der Waals surface area contributed by atoms with E-state index in [1.165, 1.54) is 6.92 Å². The van der Waals surface area contributed by atoms with Crippen molar-refractivity contribution in [3.63, 3.8) is 0 Å². The van der Waals surface area contributed by atoms with Crippen molar-refractivity contribution in [1.82, 2.24) is 25.9 Å².